The van der Waals surface area contributed by atoms with E-state index in [0.29, 0.717) is 29.4 Å². The number of sulfone groups is 1. The van der Waals surface area contributed by atoms with Crippen molar-refractivity contribution in [1.82, 2.24) is 4.90 Å². The summed E-state index contributed by atoms with van der Waals surface area (Å²) >= 11 is 3.13. The minimum Gasteiger partial charge on any atom is -0.339 e. The number of benzene rings is 2. The van der Waals surface area contributed by atoms with Crippen LogP contribution in [0.4, 0.5) is 5.69 Å². The fraction of sp³-hybridized carbons (Fsp3) is 0.231. The van der Waals surface area contributed by atoms with E-state index in [1.54, 1.807) is 28.4 Å². The van der Waals surface area contributed by atoms with E-state index in [0.717, 1.165) is 34.2 Å². The molecule has 0 atom stereocenters. The first-order chi connectivity index (χ1) is 16.8. The van der Waals surface area contributed by atoms with E-state index in [-0.39, 0.29) is 16.7 Å². The number of carbonyl (C=O) groups is 2. The van der Waals surface area contributed by atoms with Gasteiger partial charge in [-0.2, -0.15) is 0 Å². The highest BCUT2D eigenvalue weighted by Crippen LogP contribution is 2.32. The summed E-state index contributed by atoms with van der Waals surface area (Å²) in [5, 5.41) is 5.00. The summed E-state index contributed by atoms with van der Waals surface area (Å²) in [6.07, 6.45) is 2.80. The molecule has 35 heavy (non-hydrogen) atoms. The van der Waals surface area contributed by atoms with E-state index >= 15 is 0 Å². The molecule has 0 aliphatic carbocycles. The molecule has 1 aliphatic heterocycles. The Labute approximate surface area is 212 Å². The molecule has 0 spiro atoms. The molecule has 9 heteroatoms. The molecular formula is C26H24N2O4S3. The number of anilines is 1. The van der Waals surface area contributed by atoms with Gasteiger partial charge in [-0.05, 0) is 72.2 Å². The number of nitrogens with zero attached hydrogens (tertiary/aromatic N) is 1. The summed E-state index contributed by atoms with van der Waals surface area (Å²) in [7, 11) is -3.36. The van der Waals surface area contributed by atoms with Gasteiger partial charge in [-0.3, -0.25) is 9.59 Å². The maximum atomic E-state index is 12.9. The van der Waals surface area contributed by atoms with Crippen molar-refractivity contribution in [1.29, 1.82) is 0 Å². The van der Waals surface area contributed by atoms with E-state index in [4.69, 9.17) is 0 Å². The largest absolute Gasteiger partial charge is 0.339 e. The molecule has 1 saturated heterocycles. The molecule has 0 unspecified atom stereocenters. The number of hydrogen-bond acceptors (Lipinski definition) is 6. The highest BCUT2D eigenvalue weighted by Gasteiger charge is 2.25. The van der Waals surface area contributed by atoms with Crippen molar-refractivity contribution >= 4 is 59.4 Å². The van der Waals surface area contributed by atoms with Crippen molar-refractivity contribution in [2.24, 2.45) is 0 Å². The number of likely N-dealkylation sites (tertiary alicyclic amines) is 1. The maximum Gasteiger partial charge on any atom is 0.265 e. The number of thiophene rings is 2. The first-order valence-electron chi connectivity index (χ1n) is 11.3. The van der Waals surface area contributed by atoms with Crippen molar-refractivity contribution in [3.05, 3.63) is 82.0 Å². The molecule has 6 nitrogen and oxygen atoms in total. The molecule has 2 aromatic heterocycles. The quantitative estimate of drug-likeness (QED) is 0.366. The van der Waals surface area contributed by atoms with Gasteiger partial charge in [0.15, 0.2) is 9.84 Å². The highest BCUT2D eigenvalue weighted by molar-refractivity contribution is 7.90. The number of carbonyl (C=O) groups excluding carboxylic acids is 2. The minimum atomic E-state index is -3.36. The Morgan fingerprint density at radius 3 is 2.40 bits per heavy atom. The summed E-state index contributed by atoms with van der Waals surface area (Å²) in [6.45, 7) is 1.22. The van der Waals surface area contributed by atoms with Crippen LogP contribution in [0.3, 0.4) is 0 Å². The third kappa shape index (κ3) is 5.17. The van der Waals surface area contributed by atoms with Gasteiger partial charge < -0.3 is 10.2 Å². The molecule has 4 aromatic rings. The predicted octanol–water partition coefficient (Wildman–Crippen LogP) is 5.64. The van der Waals surface area contributed by atoms with Crippen LogP contribution in [-0.4, -0.2) is 44.5 Å². The fourth-order valence-corrected chi connectivity index (χ4v) is 7.04. The highest BCUT2D eigenvalue weighted by atomic mass is 32.2. The van der Waals surface area contributed by atoms with Crippen LogP contribution in [-0.2, 0) is 9.84 Å². The number of rotatable bonds is 5. The summed E-state index contributed by atoms with van der Waals surface area (Å²) in [6, 6.07) is 18.1. The van der Waals surface area contributed by atoms with Crippen molar-refractivity contribution in [3.63, 3.8) is 0 Å². The maximum absolute atomic E-state index is 12.9. The lowest BCUT2D eigenvalue weighted by molar-refractivity contribution is 0.0712. The molecule has 2 amide bonds. The van der Waals surface area contributed by atoms with E-state index < -0.39 is 9.84 Å². The van der Waals surface area contributed by atoms with Gasteiger partial charge in [0.2, 0.25) is 0 Å². The lowest BCUT2D eigenvalue weighted by Gasteiger charge is -2.32. The van der Waals surface area contributed by atoms with Crippen molar-refractivity contribution in [2.75, 3.05) is 24.7 Å². The molecule has 0 bridgehead atoms. The Morgan fingerprint density at radius 2 is 1.71 bits per heavy atom. The zero-order valence-electron chi connectivity index (χ0n) is 19.1. The number of fused-ring (bicyclic) bond motifs is 1. The van der Waals surface area contributed by atoms with Crippen LogP contribution < -0.4 is 5.32 Å². The van der Waals surface area contributed by atoms with Crippen LogP contribution in [0.25, 0.3) is 9.40 Å². The summed E-state index contributed by atoms with van der Waals surface area (Å²) in [5.74, 6) is 0.0913. The zero-order valence-corrected chi connectivity index (χ0v) is 21.5. The topological polar surface area (TPSA) is 83.6 Å². The van der Waals surface area contributed by atoms with Crippen LogP contribution in [0.15, 0.2) is 70.9 Å². The van der Waals surface area contributed by atoms with Crippen LogP contribution in [0.2, 0.25) is 0 Å². The second-order valence-electron chi connectivity index (χ2n) is 8.70. The summed E-state index contributed by atoms with van der Waals surface area (Å²) in [5.41, 5.74) is 2.34. The van der Waals surface area contributed by atoms with E-state index in [9.17, 15) is 18.0 Å². The van der Waals surface area contributed by atoms with Crippen LogP contribution in [0.5, 0.6) is 0 Å². The molecule has 0 radical (unpaired) electrons. The van der Waals surface area contributed by atoms with Gasteiger partial charge >= 0.3 is 0 Å². The number of piperidine rings is 1. The smallest absolute Gasteiger partial charge is 0.265 e. The van der Waals surface area contributed by atoms with E-state index in [1.807, 2.05) is 41.8 Å². The summed E-state index contributed by atoms with van der Waals surface area (Å²) in [4.78, 5) is 28.2. The summed E-state index contributed by atoms with van der Waals surface area (Å²) < 4.78 is 25.9. The average molecular weight is 525 g/mol. The molecule has 180 valence electrons. The van der Waals surface area contributed by atoms with Gasteiger partial charge in [0.05, 0.1) is 9.77 Å². The fourth-order valence-electron chi connectivity index (χ4n) is 4.37. The van der Waals surface area contributed by atoms with E-state index in [1.165, 1.54) is 29.0 Å². The Morgan fingerprint density at radius 1 is 0.971 bits per heavy atom. The normalized spacial score (nSPS) is 14.8. The first kappa shape index (κ1) is 23.7. The van der Waals surface area contributed by atoms with Gasteiger partial charge in [0.25, 0.3) is 11.8 Å². The van der Waals surface area contributed by atoms with E-state index in [2.05, 4.69) is 5.32 Å². The van der Waals surface area contributed by atoms with Gasteiger partial charge in [-0.1, -0.05) is 18.2 Å². The van der Waals surface area contributed by atoms with Crippen molar-refractivity contribution in [2.45, 2.75) is 23.7 Å². The number of nitrogens with one attached hydrogen (secondary N) is 1. The monoisotopic (exact) mass is 524 g/mol. The number of hydrogen-bond donors (Lipinski definition) is 1. The SMILES string of the molecule is CS(=O)(=O)c1cccc(C(=O)N2CCC(c3ccc(NC(=O)c4cc5sccc5s4)cc3)CC2)c1. The average Bonchev–Trinajstić information content (AvgIpc) is 3.47. The Balaban J connectivity index is 1.18. The molecule has 1 fully saturated rings. The second kappa shape index (κ2) is 9.56. The third-order valence-corrected chi connectivity index (χ3v) is 9.50. The standard InChI is InChI=1S/C26H24N2O4S3/c1-35(31,32)21-4-2-3-19(15-21)26(30)28-12-9-18(10-13-28)17-5-7-20(8-6-17)27-25(29)24-16-23-22(34-24)11-14-33-23/h2-8,11,14-16,18H,9-10,12-13H2,1H3,(H,27,29). The zero-order chi connectivity index (χ0) is 24.6. The van der Waals surface area contributed by atoms with Gasteiger partial charge in [-0.25, -0.2) is 8.42 Å². The molecule has 1 N–H and O–H groups in total. The molecule has 5 rings (SSSR count). The molecule has 2 aromatic carbocycles. The number of amides is 2. The Bertz CT molecular complexity index is 1470. The van der Waals surface area contributed by atoms with Crippen LogP contribution >= 0.6 is 22.7 Å². The van der Waals surface area contributed by atoms with Gasteiger partial charge in [-0.15, -0.1) is 22.7 Å². The minimum absolute atomic E-state index is 0.0992. The van der Waals surface area contributed by atoms with Gasteiger partial charge in [0, 0.05) is 40.0 Å². The molecule has 1 aliphatic rings. The molecule has 0 saturated carbocycles. The predicted molar refractivity (Wildman–Crippen MR) is 142 cm³/mol. The Hall–Kier alpha value is -3.01. The van der Waals surface area contributed by atoms with Crippen LogP contribution in [0.1, 0.15) is 44.4 Å². The van der Waals surface area contributed by atoms with Crippen molar-refractivity contribution < 1.29 is 18.0 Å². The van der Waals surface area contributed by atoms with Crippen molar-refractivity contribution in [3.8, 4) is 0 Å². The lowest BCUT2D eigenvalue weighted by Crippen LogP contribution is -2.38. The Kier molecular flexibility index (Phi) is 6.48. The lowest BCUT2D eigenvalue weighted by atomic mass is 9.89. The van der Waals surface area contributed by atoms with Crippen LogP contribution in [0, 0.1) is 0 Å². The molecule has 3 heterocycles. The molecular weight excluding hydrogens is 500 g/mol. The first-order valence-corrected chi connectivity index (χ1v) is 14.8. The second-order valence-corrected chi connectivity index (χ2v) is 12.7. The van der Waals surface area contributed by atoms with Gasteiger partial charge in [0.1, 0.15) is 0 Å². The third-order valence-electron chi connectivity index (χ3n) is 6.29.